The summed E-state index contributed by atoms with van der Waals surface area (Å²) in [6, 6.07) is 5.89. The first-order chi connectivity index (χ1) is 9.63. The largest absolute Gasteiger partial charge is 0.396 e. The Morgan fingerprint density at radius 3 is 2.75 bits per heavy atom. The molecule has 0 radical (unpaired) electrons. The highest BCUT2D eigenvalue weighted by molar-refractivity contribution is 5.95. The van der Waals surface area contributed by atoms with E-state index >= 15 is 0 Å². The number of carbonyl (C=O) groups is 1. The van der Waals surface area contributed by atoms with Gasteiger partial charge in [0.05, 0.1) is 23.1 Å². The second kappa shape index (κ2) is 6.29. The predicted octanol–water partition coefficient (Wildman–Crippen LogP) is 1.43. The molecule has 2 rings (SSSR count). The Bertz CT molecular complexity index is 593. The van der Waals surface area contributed by atoms with Gasteiger partial charge in [-0.3, -0.25) is 4.79 Å². The number of aliphatic hydroxyl groups excluding tert-OH is 1. The van der Waals surface area contributed by atoms with Crippen LogP contribution in [0.25, 0.3) is 5.69 Å². The number of nitrogens with one attached hydrogen (secondary N) is 1. The molecule has 1 heterocycles. The third-order valence-corrected chi connectivity index (χ3v) is 2.95. The SMILES string of the molecule is Cc1c(C(=O)NCCCO)cnn1-c1ccc(F)cc1. The molecule has 1 amide bonds. The predicted molar refractivity (Wildman–Crippen MR) is 72.3 cm³/mol. The van der Waals surface area contributed by atoms with E-state index in [0.717, 1.165) is 0 Å². The van der Waals surface area contributed by atoms with E-state index in [2.05, 4.69) is 10.4 Å². The van der Waals surface area contributed by atoms with Crippen molar-refractivity contribution in [1.29, 1.82) is 0 Å². The van der Waals surface area contributed by atoms with Crippen molar-refractivity contribution in [1.82, 2.24) is 15.1 Å². The van der Waals surface area contributed by atoms with Crippen LogP contribution in [0.5, 0.6) is 0 Å². The lowest BCUT2D eigenvalue weighted by Crippen LogP contribution is -2.25. The van der Waals surface area contributed by atoms with Crippen LogP contribution < -0.4 is 5.32 Å². The van der Waals surface area contributed by atoms with Crippen LogP contribution in [0.4, 0.5) is 4.39 Å². The molecule has 1 aromatic heterocycles. The summed E-state index contributed by atoms with van der Waals surface area (Å²) in [4.78, 5) is 11.9. The van der Waals surface area contributed by atoms with Gasteiger partial charge in [0.1, 0.15) is 5.82 Å². The van der Waals surface area contributed by atoms with Crippen molar-refractivity contribution in [3.63, 3.8) is 0 Å². The van der Waals surface area contributed by atoms with Crippen LogP contribution in [0.15, 0.2) is 30.5 Å². The van der Waals surface area contributed by atoms with Crippen molar-refractivity contribution in [3.8, 4) is 5.69 Å². The first-order valence-electron chi connectivity index (χ1n) is 6.33. The molecule has 0 atom stereocenters. The van der Waals surface area contributed by atoms with Crippen molar-refractivity contribution in [2.75, 3.05) is 13.2 Å². The topological polar surface area (TPSA) is 67.2 Å². The molecule has 0 saturated carbocycles. The molecule has 0 saturated heterocycles. The fraction of sp³-hybridized carbons (Fsp3) is 0.286. The summed E-state index contributed by atoms with van der Waals surface area (Å²) in [6.45, 7) is 2.22. The van der Waals surface area contributed by atoms with Crippen molar-refractivity contribution < 1.29 is 14.3 Å². The number of hydrogen-bond donors (Lipinski definition) is 2. The highest BCUT2D eigenvalue weighted by atomic mass is 19.1. The van der Waals surface area contributed by atoms with E-state index in [1.807, 2.05) is 0 Å². The number of hydrogen-bond acceptors (Lipinski definition) is 3. The normalized spacial score (nSPS) is 10.6. The lowest BCUT2D eigenvalue weighted by Gasteiger charge is -2.06. The van der Waals surface area contributed by atoms with Crippen molar-refractivity contribution in [3.05, 3.63) is 47.5 Å². The number of rotatable bonds is 5. The highest BCUT2D eigenvalue weighted by Gasteiger charge is 2.14. The molecule has 1 aromatic carbocycles. The van der Waals surface area contributed by atoms with Gasteiger partial charge in [0, 0.05) is 13.2 Å². The van der Waals surface area contributed by atoms with Gasteiger partial charge in [0.2, 0.25) is 0 Å². The summed E-state index contributed by atoms with van der Waals surface area (Å²) < 4.78 is 14.5. The molecule has 106 valence electrons. The van der Waals surface area contributed by atoms with Crippen LogP contribution in [0.1, 0.15) is 22.5 Å². The third kappa shape index (κ3) is 3.03. The maximum absolute atomic E-state index is 12.9. The molecule has 0 unspecified atom stereocenters. The molecule has 20 heavy (non-hydrogen) atoms. The highest BCUT2D eigenvalue weighted by Crippen LogP contribution is 2.14. The fourth-order valence-corrected chi connectivity index (χ4v) is 1.85. The van der Waals surface area contributed by atoms with Gasteiger partial charge in [-0.05, 0) is 37.6 Å². The monoisotopic (exact) mass is 277 g/mol. The van der Waals surface area contributed by atoms with E-state index in [4.69, 9.17) is 5.11 Å². The lowest BCUT2D eigenvalue weighted by atomic mass is 10.2. The maximum atomic E-state index is 12.9. The number of carbonyl (C=O) groups excluding carboxylic acids is 1. The van der Waals surface area contributed by atoms with Crippen LogP contribution in [-0.2, 0) is 0 Å². The summed E-state index contributed by atoms with van der Waals surface area (Å²) in [5, 5.41) is 15.5. The Labute approximate surface area is 116 Å². The Morgan fingerprint density at radius 1 is 1.40 bits per heavy atom. The Hall–Kier alpha value is -2.21. The number of aromatic nitrogens is 2. The van der Waals surface area contributed by atoms with Crippen LogP contribution >= 0.6 is 0 Å². The zero-order valence-corrected chi connectivity index (χ0v) is 11.1. The van der Waals surface area contributed by atoms with Gasteiger partial charge in [-0.1, -0.05) is 0 Å². The molecule has 0 aliphatic carbocycles. The lowest BCUT2D eigenvalue weighted by molar-refractivity contribution is 0.0950. The van der Waals surface area contributed by atoms with Gasteiger partial charge >= 0.3 is 0 Å². The first-order valence-corrected chi connectivity index (χ1v) is 6.33. The van der Waals surface area contributed by atoms with E-state index in [0.29, 0.717) is 29.9 Å². The number of aliphatic hydroxyl groups is 1. The average Bonchev–Trinajstić information content (AvgIpc) is 2.82. The second-order valence-corrected chi connectivity index (χ2v) is 4.36. The molecule has 0 aliphatic heterocycles. The fourth-order valence-electron chi connectivity index (χ4n) is 1.85. The summed E-state index contributed by atoms with van der Waals surface area (Å²) in [6.07, 6.45) is 1.99. The maximum Gasteiger partial charge on any atom is 0.254 e. The van der Waals surface area contributed by atoms with Crippen molar-refractivity contribution >= 4 is 5.91 Å². The smallest absolute Gasteiger partial charge is 0.254 e. The number of benzene rings is 1. The van der Waals surface area contributed by atoms with E-state index in [1.165, 1.54) is 18.3 Å². The molecule has 0 spiro atoms. The van der Waals surface area contributed by atoms with Crippen LogP contribution in [0.3, 0.4) is 0 Å². The van der Waals surface area contributed by atoms with Crippen molar-refractivity contribution in [2.24, 2.45) is 0 Å². The molecule has 0 aliphatic rings. The van der Waals surface area contributed by atoms with Crippen LogP contribution in [-0.4, -0.2) is 33.9 Å². The first kappa shape index (κ1) is 14.2. The molecule has 2 N–H and O–H groups in total. The Balaban J connectivity index is 2.18. The number of halogens is 1. The van der Waals surface area contributed by atoms with Gasteiger partial charge in [-0.25, -0.2) is 9.07 Å². The molecule has 0 fully saturated rings. The third-order valence-electron chi connectivity index (χ3n) is 2.95. The summed E-state index contributed by atoms with van der Waals surface area (Å²) in [7, 11) is 0. The van der Waals surface area contributed by atoms with Gasteiger partial charge in [-0.15, -0.1) is 0 Å². The molecule has 5 nitrogen and oxygen atoms in total. The summed E-state index contributed by atoms with van der Waals surface area (Å²) in [5.41, 5.74) is 1.84. The van der Waals surface area contributed by atoms with E-state index in [-0.39, 0.29) is 18.3 Å². The zero-order chi connectivity index (χ0) is 14.5. The van der Waals surface area contributed by atoms with Gasteiger partial charge < -0.3 is 10.4 Å². The Kier molecular flexibility index (Phi) is 4.47. The zero-order valence-electron chi connectivity index (χ0n) is 11.1. The van der Waals surface area contributed by atoms with Crippen LogP contribution in [0, 0.1) is 12.7 Å². The standard InChI is InChI=1S/C14H16FN3O2/c1-10-13(14(20)16-7-2-8-19)9-17-18(10)12-5-3-11(15)4-6-12/h3-6,9,19H,2,7-8H2,1H3,(H,16,20). The number of nitrogens with zero attached hydrogens (tertiary/aromatic N) is 2. The summed E-state index contributed by atoms with van der Waals surface area (Å²) >= 11 is 0. The Morgan fingerprint density at radius 2 is 2.10 bits per heavy atom. The van der Waals surface area contributed by atoms with E-state index < -0.39 is 0 Å². The van der Waals surface area contributed by atoms with E-state index in [1.54, 1.807) is 23.7 Å². The minimum Gasteiger partial charge on any atom is -0.396 e. The summed E-state index contributed by atoms with van der Waals surface area (Å²) in [5.74, 6) is -0.551. The quantitative estimate of drug-likeness (QED) is 0.812. The van der Waals surface area contributed by atoms with E-state index in [9.17, 15) is 9.18 Å². The molecule has 6 heteroatoms. The second-order valence-electron chi connectivity index (χ2n) is 4.36. The molecular formula is C14H16FN3O2. The molecular weight excluding hydrogens is 261 g/mol. The van der Waals surface area contributed by atoms with Gasteiger partial charge in [0.25, 0.3) is 5.91 Å². The van der Waals surface area contributed by atoms with Gasteiger partial charge in [0.15, 0.2) is 0 Å². The number of amides is 1. The average molecular weight is 277 g/mol. The van der Waals surface area contributed by atoms with Gasteiger partial charge in [-0.2, -0.15) is 5.10 Å². The minimum absolute atomic E-state index is 0.0358. The van der Waals surface area contributed by atoms with Crippen molar-refractivity contribution in [2.45, 2.75) is 13.3 Å². The minimum atomic E-state index is -0.319. The molecule has 2 aromatic rings. The van der Waals surface area contributed by atoms with Crippen LogP contribution in [0.2, 0.25) is 0 Å². The molecule has 0 bridgehead atoms.